The quantitative estimate of drug-likeness (QED) is 0.159. The molecule has 0 aliphatic heterocycles. The minimum Gasteiger partial charge on any atom is -0.507 e. The standard InChI is InChI=1S/C24H51N.C7H6O3/c1-4-7-10-13-16-19-22-25(23-20-17-14-11-8-5-2)24-21-18-15-12-9-6-3;8-6-4-2-1-3-5(6)7(9)10/h4-24H2,1-3H3;1-4,8H,(H,9,10). The maximum atomic E-state index is 10.3. The van der Waals surface area contributed by atoms with Gasteiger partial charge in [-0.1, -0.05) is 129 Å². The van der Waals surface area contributed by atoms with Crippen LogP contribution in [0.2, 0.25) is 0 Å². The van der Waals surface area contributed by atoms with E-state index in [-0.39, 0.29) is 11.3 Å². The molecule has 0 saturated heterocycles. The Morgan fingerprint density at radius 2 is 0.943 bits per heavy atom. The van der Waals surface area contributed by atoms with E-state index in [0.717, 1.165) is 0 Å². The van der Waals surface area contributed by atoms with Gasteiger partial charge in [-0.15, -0.1) is 0 Å². The molecule has 35 heavy (non-hydrogen) atoms. The van der Waals surface area contributed by atoms with Crippen LogP contribution in [0.1, 0.15) is 147 Å². The molecule has 1 aromatic carbocycles. The zero-order valence-corrected chi connectivity index (χ0v) is 23.4. The highest BCUT2D eigenvalue weighted by atomic mass is 16.4. The second-order valence-electron chi connectivity index (χ2n) is 9.97. The van der Waals surface area contributed by atoms with E-state index >= 15 is 0 Å². The number of aromatic hydroxyl groups is 1. The third-order valence-corrected chi connectivity index (χ3v) is 6.62. The van der Waals surface area contributed by atoms with Crippen LogP contribution in [-0.4, -0.2) is 40.7 Å². The molecule has 1 rings (SSSR count). The van der Waals surface area contributed by atoms with Gasteiger partial charge >= 0.3 is 5.97 Å². The van der Waals surface area contributed by atoms with Gasteiger partial charge in [-0.2, -0.15) is 0 Å². The first-order chi connectivity index (χ1) is 17.1. The number of para-hydroxylation sites is 1. The lowest BCUT2D eigenvalue weighted by molar-refractivity contribution is 0.0693. The van der Waals surface area contributed by atoms with E-state index in [9.17, 15) is 4.79 Å². The number of aromatic carboxylic acids is 1. The van der Waals surface area contributed by atoms with Gasteiger partial charge in [0.2, 0.25) is 0 Å². The van der Waals surface area contributed by atoms with Crippen LogP contribution in [0, 0.1) is 0 Å². The summed E-state index contributed by atoms with van der Waals surface area (Å²) in [4.78, 5) is 13.1. The number of hydrogen-bond acceptors (Lipinski definition) is 3. The lowest BCUT2D eigenvalue weighted by Gasteiger charge is -2.22. The van der Waals surface area contributed by atoms with Crippen molar-refractivity contribution in [2.75, 3.05) is 19.6 Å². The van der Waals surface area contributed by atoms with Gasteiger partial charge in [0, 0.05) is 0 Å². The molecule has 0 radical (unpaired) electrons. The van der Waals surface area contributed by atoms with Crippen molar-refractivity contribution >= 4 is 5.97 Å². The molecule has 0 aromatic heterocycles. The predicted molar refractivity (Wildman–Crippen MR) is 152 cm³/mol. The van der Waals surface area contributed by atoms with Crippen molar-refractivity contribution in [1.82, 2.24) is 4.90 Å². The van der Waals surface area contributed by atoms with Crippen LogP contribution in [0.25, 0.3) is 0 Å². The summed E-state index contributed by atoms with van der Waals surface area (Å²) in [5.41, 5.74) is -0.0671. The predicted octanol–water partition coefficient (Wildman–Crippen LogP) is 9.46. The van der Waals surface area contributed by atoms with Gasteiger partial charge < -0.3 is 15.1 Å². The number of benzene rings is 1. The molecular formula is C31H57NO3. The maximum absolute atomic E-state index is 10.3. The topological polar surface area (TPSA) is 60.8 Å². The van der Waals surface area contributed by atoms with Gasteiger partial charge in [0.1, 0.15) is 11.3 Å². The number of unbranched alkanes of at least 4 members (excludes halogenated alkanes) is 15. The summed E-state index contributed by atoms with van der Waals surface area (Å²) in [5.74, 6) is -1.31. The van der Waals surface area contributed by atoms with Crippen LogP contribution in [0.15, 0.2) is 24.3 Å². The summed E-state index contributed by atoms with van der Waals surface area (Å²) in [5, 5.41) is 17.3. The van der Waals surface area contributed by atoms with Crippen molar-refractivity contribution in [2.45, 2.75) is 136 Å². The molecule has 0 amide bonds. The highest BCUT2D eigenvalue weighted by Gasteiger charge is 2.06. The third kappa shape index (κ3) is 21.5. The van der Waals surface area contributed by atoms with E-state index in [4.69, 9.17) is 10.2 Å². The number of carbonyl (C=O) groups is 1. The minimum atomic E-state index is -1.11. The van der Waals surface area contributed by atoms with Crippen molar-refractivity contribution < 1.29 is 15.0 Å². The summed E-state index contributed by atoms with van der Waals surface area (Å²) in [7, 11) is 0. The Balaban J connectivity index is 0.000000952. The van der Waals surface area contributed by atoms with E-state index in [0.29, 0.717) is 0 Å². The van der Waals surface area contributed by atoms with Crippen LogP contribution in [0.3, 0.4) is 0 Å². The first-order valence-electron chi connectivity index (χ1n) is 14.8. The molecule has 2 N–H and O–H groups in total. The van der Waals surface area contributed by atoms with Gasteiger partial charge in [-0.3, -0.25) is 0 Å². The Labute approximate surface area is 217 Å². The van der Waals surface area contributed by atoms with E-state index in [2.05, 4.69) is 25.7 Å². The first-order valence-corrected chi connectivity index (χ1v) is 14.8. The van der Waals surface area contributed by atoms with Crippen molar-refractivity contribution in [2.24, 2.45) is 0 Å². The number of carboxylic acids is 1. The summed E-state index contributed by atoms with van der Waals surface area (Å²) < 4.78 is 0. The SMILES string of the molecule is CCCCCCCCN(CCCCCCCC)CCCCCCCC.O=C(O)c1ccccc1O. The normalized spacial score (nSPS) is 10.9. The van der Waals surface area contributed by atoms with E-state index in [1.165, 1.54) is 147 Å². The Morgan fingerprint density at radius 3 is 1.26 bits per heavy atom. The van der Waals surface area contributed by atoms with E-state index in [1.807, 2.05) is 0 Å². The van der Waals surface area contributed by atoms with Gasteiger partial charge in [0.15, 0.2) is 0 Å². The zero-order valence-electron chi connectivity index (χ0n) is 23.4. The molecule has 0 saturated carbocycles. The van der Waals surface area contributed by atoms with E-state index < -0.39 is 5.97 Å². The Bertz CT molecular complexity index is 552. The number of nitrogens with zero attached hydrogens (tertiary/aromatic N) is 1. The molecule has 0 aliphatic carbocycles. The summed E-state index contributed by atoms with van der Waals surface area (Å²) >= 11 is 0. The third-order valence-electron chi connectivity index (χ3n) is 6.62. The fourth-order valence-corrected chi connectivity index (χ4v) is 4.34. The second-order valence-corrected chi connectivity index (χ2v) is 9.97. The van der Waals surface area contributed by atoms with Crippen LogP contribution in [-0.2, 0) is 0 Å². The average Bonchev–Trinajstić information content (AvgIpc) is 2.85. The van der Waals surface area contributed by atoms with Crippen molar-refractivity contribution in [3.63, 3.8) is 0 Å². The molecule has 1 aromatic rings. The van der Waals surface area contributed by atoms with Gasteiger partial charge in [0.25, 0.3) is 0 Å². The molecule has 4 nitrogen and oxygen atoms in total. The Hall–Kier alpha value is -1.55. The lowest BCUT2D eigenvalue weighted by Crippen LogP contribution is -2.27. The van der Waals surface area contributed by atoms with Gasteiger partial charge in [-0.05, 0) is 51.0 Å². The number of phenols is 1. The molecule has 0 aliphatic rings. The van der Waals surface area contributed by atoms with Gasteiger partial charge in [-0.25, -0.2) is 4.79 Å². The Morgan fingerprint density at radius 1 is 0.600 bits per heavy atom. The number of rotatable bonds is 22. The molecular weight excluding hydrogens is 434 g/mol. The van der Waals surface area contributed by atoms with Crippen LogP contribution >= 0.6 is 0 Å². The van der Waals surface area contributed by atoms with Crippen LogP contribution < -0.4 is 0 Å². The van der Waals surface area contributed by atoms with E-state index in [1.54, 1.807) is 12.1 Å². The molecule has 0 fully saturated rings. The second kappa shape index (κ2) is 25.5. The van der Waals surface area contributed by atoms with Gasteiger partial charge in [0.05, 0.1) is 0 Å². The molecule has 0 atom stereocenters. The van der Waals surface area contributed by atoms with Crippen LogP contribution in [0.4, 0.5) is 0 Å². The van der Waals surface area contributed by atoms with Crippen LogP contribution in [0.5, 0.6) is 5.75 Å². The molecule has 0 bridgehead atoms. The first kappa shape index (κ1) is 33.4. The molecule has 204 valence electrons. The summed E-state index contributed by atoms with van der Waals surface area (Å²) in [6, 6.07) is 5.81. The molecule has 0 spiro atoms. The monoisotopic (exact) mass is 491 g/mol. The molecule has 0 unspecified atom stereocenters. The van der Waals surface area contributed by atoms with Crippen molar-refractivity contribution in [3.05, 3.63) is 29.8 Å². The highest BCUT2D eigenvalue weighted by Crippen LogP contribution is 2.14. The van der Waals surface area contributed by atoms with Crippen molar-refractivity contribution in [3.8, 4) is 5.75 Å². The molecule has 0 heterocycles. The average molecular weight is 492 g/mol. The number of carboxylic acid groups (broad SMARTS) is 1. The fourth-order valence-electron chi connectivity index (χ4n) is 4.34. The lowest BCUT2D eigenvalue weighted by atomic mass is 10.1. The van der Waals surface area contributed by atoms with Crippen molar-refractivity contribution in [1.29, 1.82) is 0 Å². The maximum Gasteiger partial charge on any atom is 0.339 e. The summed E-state index contributed by atoms with van der Waals surface area (Å²) in [6.07, 6.45) is 25.7. The zero-order chi connectivity index (χ0) is 26.0. The highest BCUT2D eigenvalue weighted by molar-refractivity contribution is 5.90. The Kier molecular flexibility index (Phi) is 24.4. The minimum absolute atomic E-state index is 0.0671. The fraction of sp³-hybridized carbons (Fsp3) is 0.774. The largest absolute Gasteiger partial charge is 0.507 e. The smallest absolute Gasteiger partial charge is 0.339 e. The number of hydrogen-bond donors (Lipinski definition) is 2. The summed E-state index contributed by atoms with van der Waals surface area (Å²) in [6.45, 7) is 11.0. The molecule has 4 heteroatoms.